The summed E-state index contributed by atoms with van der Waals surface area (Å²) in [7, 11) is 2.92. The number of benzene rings is 1. The number of carbonyl (C=O) groups excluding carboxylic acids is 2. The zero-order valence-corrected chi connectivity index (χ0v) is 14.9. The molecule has 1 amide bonds. The van der Waals surface area contributed by atoms with Gasteiger partial charge in [-0.1, -0.05) is 19.9 Å². The van der Waals surface area contributed by atoms with Gasteiger partial charge < -0.3 is 14.8 Å². The molecule has 1 N–H and O–H groups in total. The molecule has 0 saturated carbocycles. The first kappa shape index (κ1) is 19.0. The van der Waals surface area contributed by atoms with E-state index in [4.69, 9.17) is 9.47 Å². The van der Waals surface area contributed by atoms with Crippen LogP contribution in [0.25, 0.3) is 0 Å². The number of hydrogen-bond donors (Lipinski definition) is 1. The SMILES string of the molecule is COC(=O)C(CC(C)C)NC(=O)Cc1c(C)cc(C)cc1OC. The Bertz CT molecular complexity index is 566. The Morgan fingerprint density at radius 2 is 1.83 bits per heavy atom. The van der Waals surface area contributed by atoms with Gasteiger partial charge in [0.25, 0.3) is 0 Å². The lowest BCUT2D eigenvalue weighted by Gasteiger charge is -2.19. The highest BCUT2D eigenvalue weighted by Gasteiger charge is 2.23. The van der Waals surface area contributed by atoms with Crippen LogP contribution in [0.1, 0.15) is 37.0 Å². The number of rotatable bonds is 7. The van der Waals surface area contributed by atoms with Crippen LogP contribution in [0, 0.1) is 19.8 Å². The first-order valence-electron chi connectivity index (χ1n) is 7.79. The van der Waals surface area contributed by atoms with Crippen molar-refractivity contribution in [1.82, 2.24) is 5.32 Å². The molecule has 0 radical (unpaired) electrons. The second-order valence-corrected chi connectivity index (χ2v) is 6.21. The summed E-state index contributed by atoms with van der Waals surface area (Å²) in [6, 6.07) is 3.29. The zero-order chi connectivity index (χ0) is 17.6. The third-order valence-electron chi connectivity index (χ3n) is 3.66. The predicted octanol–water partition coefficient (Wildman–Crippen LogP) is 2.56. The molecule has 0 aliphatic carbocycles. The molecule has 5 nitrogen and oxygen atoms in total. The Morgan fingerprint density at radius 3 is 2.35 bits per heavy atom. The van der Waals surface area contributed by atoms with Crippen molar-refractivity contribution in [2.75, 3.05) is 14.2 Å². The van der Waals surface area contributed by atoms with Crippen molar-refractivity contribution in [2.24, 2.45) is 5.92 Å². The number of hydrogen-bond acceptors (Lipinski definition) is 4. The zero-order valence-electron chi connectivity index (χ0n) is 14.9. The molecule has 0 heterocycles. The van der Waals surface area contributed by atoms with Crippen LogP contribution in [0.4, 0.5) is 0 Å². The number of aryl methyl sites for hydroxylation is 2. The van der Waals surface area contributed by atoms with Gasteiger partial charge in [0.05, 0.1) is 20.6 Å². The van der Waals surface area contributed by atoms with Crippen molar-refractivity contribution in [3.8, 4) is 5.75 Å². The van der Waals surface area contributed by atoms with Gasteiger partial charge >= 0.3 is 5.97 Å². The molecular weight excluding hydrogens is 294 g/mol. The molecule has 128 valence electrons. The van der Waals surface area contributed by atoms with Gasteiger partial charge in [-0.05, 0) is 43.4 Å². The van der Waals surface area contributed by atoms with Gasteiger partial charge in [-0.25, -0.2) is 4.79 Å². The molecule has 0 spiro atoms. The van der Waals surface area contributed by atoms with E-state index in [0.29, 0.717) is 12.2 Å². The topological polar surface area (TPSA) is 64.6 Å². The van der Waals surface area contributed by atoms with E-state index in [-0.39, 0.29) is 18.2 Å². The van der Waals surface area contributed by atoms with E-state index in [1.807, 2.05) is 39.8 Å². The minimum atomic E-state index is -0.621. The number of esters is 1. The van der Waals surface area contributed by atoms with Gasteiger partial charge in [0.2, 0.25) is 5.91 Å². The summed E-state index contributed by atoms with van der Waals surface area (Å²) in [6.45, 7) is 7.92. The number of nitrogens with one attached hydrogen (secondary N) is 1. The Hall–Kier alpha value is -2.04. The van der Waals surface area contributed by atoms with Gasteiger partial charge in [-0.15, -0.1) is 0 Å². The lowest BCUT2D eigenvalue weighted by Crippen LogP contribution is -2.43. The molecule has 0 aliphatic rings. The summed E-state index contributed by atoms with van der Waals surface area (Å²) in [6.07, 6.45) is 0.712. The van der Waals surface area contributed by atoms with Crippen LogP contribution in [0.15, 0.2) is 12.1 Å². The molecule has 0 fully saturated rings. The van der Waals surface area contributed by atoms with E-state index in [1.165, 1.54) is 7.11 Å². The van der Waals surface area contributed by atoms with Gasteiger partial charge in [0.1, 0.15) is 11.8 Å². The fourth-order valence-corrected chi connectivity index (χ4v) is 2.60. The molecule has 23 heavy (non-hydrogen) atoms. The van der Waals surface area contributed by atoms with E-state index >= 15 is 0 Å². The average molecular weight is 321 g/mol. The van der Waals surface area contributed by atoms with Crippen LogP contribution in [-0.4, -0.2) is 32.1 Å². The van der Waals surface area contributed by atoms with Crippen LogP contribution in [0.5, 0.6) is 5.75 Å². The summed E-state index contributed by atoms with van der Waals surface area (Å²) in [5.41, 5.74) is 2.91. The van der Waals surface area contributed by atoms with Crippen molar-refractivity contribution >= 4 is 11.9 Å². The Kier molecular flexibility index (Phi) is 7.07. The number of ether oxygens (including phenoxy) is 2. The summed E-state index contributed by atoms with van der Waals surface area (Å²) < 4.78 is 10.1. The third-order valence-corrected chi connectivity index (χ3v) is 3.66. The van der Waals surface area contributed by atoms with Crippen molar-refractivity contribution in [1.29, 1.82) is 0 Å². The smallest absolute Gasteiger partial charge is 0.328 e. The maximum atomic E-state index is 12.4. The monoisotopic (exact) mass is 321 g/mol. The third kappa shape index (κ3) is 5.58. The largest absolute Gasteiger partial charge is 0.496 e. The molecule has 0 aromatic heterocycles. The van der Waals surface area contributed by atoms with Crippen LogP contribution in [-0.2, 0) is 20.7 Å². The molecule has 5 heteroatoms. The number of carbonyl (C=O) groups is 2. The standard InChI is InChI=1S/C18H27NO4/c1-11(2)7-15(18(21)23-6)19-17(20)10-14-13(4)8-12(3)9-16(14)22-5/h8-9,11,15H,7,10H2,1-6H3,(H,19,20). The molecule has 1 atom stereocenters. The highest BCUT2D eigenvalue weighted by Crippen LogP contribution is 2.24. The Balaban J connectivity index is 2.88. The van der Waals surface area contributed by atoms with Crippen LogP contribution in [0.3, 0.4) is 0 Å². The van der Waals surface area contributed by atoms with Crippen LogP contribution in [0.2, 0.25) is 0 Å². The average Bonchev–Trinajstić information content (AvgIpc) is 2.47. The molecule has 0 saturated heterocycles. The summed E-state index contributed by atoms with van der Waals surface area (Å²) in [5, 5.41) is 2.77. The molecule has 0 bridgehead atoms. The van der Waals surface area contributed by atoms with Crippen molar-refractivity contribution in [2.45, 2.75) is 46.6 Å². The minimum absolute atomic E-state index is 0.168. The van der Waals surface area contributed by atoms with Gasteiger partial charge in [-0.2, -0.15) is 0 Å². The molecule has 1 aromatic rings. The summed E-state index contributed by atoms with van der Waals surface area (Å²) in [4.78, 5) is 24.2. The second-order valence-electron chi connectivity index (χ2n) is 6.21. The van der Waals surface area contributed by atoms with Crippen molar-refractivity contribution in [3.05, 3.63) is 28.8 Å². The van der Waals surface area contributed by atoms with Gasteiger partial charge in [0, 0.05) is 5.56 Å². The first-order valence-corrected chi connectivity index (χ1v) is 7.79. The summed E-state index contributed by atoms with van der Waals surface area (Å²) in [5.74, 6) is 0.331. The highest BCUT2D eigenvalue weighted by molar-refractivity contribution is 5.86. The number of methoxy groups -OCH3 is 2. The molecule has 1 aromatic carbocycles. The molecular formula is C18H27NO4. The predicted molar refractivity (Wildman–Crippen MR) is 89.6 cm³/mol. The van der Waals surface area contributed by atoms with E-state index in [9.17, 15) is 9.59 Å². The van der Waals surface area contributed by atoms with Crippen LogP contribution < -0.4 is 10.1 Å². The van der Waals surface area contributed by atoms with E-state index in [0.717, 1.165) is 16.7 Å². The molecule has 1 rings (SSSR count). The van der Waals surface area contributed by atoms with Gasteiger partial charge in [-0.3, -0.25) is 4.79 Å². The quantitative estimate of drug-likeness (QED) is 0.784. The maximum Gasteiger partial charge on any atom is 0.328 e. The fourth-order valence-electron chi connectivity index (χ4n) is 2.60. The fraction of sp³-hybridized carbons (Fsp3) is 0.556. The van der Waals surface area contributed by atoms with Crippen molar-refractivity contribution < 1.29 is 19.1 Å². The van der Waals surface area contributed by atoms with Gasteiger partial charge in [0.15, 0.2) is 0 Å². The normalized spacial score (nSPS) is 12.0. The first-order chi connectivity index (χ1) is 10.8. The van der Waals surface area contributed by atoms with Crippen LogP contribution >= 0.6 is 0 Å². The Morgan fingerprint density at radius 1 is 1.17 bits per heavy atom. The van der Waals surface area contributed by atoms with E-state index < -0.39 is 12.0 Å². The lowest BCUT2D eigenvalue weighted by atomic mass is 10.00. The highest BCUT2D eigenvalue weighted by atomic mass is 16.5. The van der Waals surface area contributed by atoms with E-state index in [2.05, 4.69) is 5.32 Å². The van der Waals surface area contributed by atoms with Crippen molar-refractivity contribution in [3.63, 3.8) is 0 Å². The molecule has 1 unspecified atom stereocenters. The second kappa shape index (κ2) is 8.56. The molecule has 0 aliphatic heterocycles. The minimum Gasteiger partial charge on any atom is -0.496 e. The van der Waals surface area contributed by atoms with E-state index in [1.54, 1.807) is 7.11 Å². The maximum absolute atomic E-state index is 12.4. The number of amides is 1. The Labute approximate surface area is 138 Å². The lowest BCUT2D eigenvalue weighted by molar-refractivity contribution is -0.145. The summed E-state index contributed by atoms with van der Waals surface area (Å²) >= 11 is 0.